The van der Waals surface area contributed by atoms with Crippen molar-refractivity contribution in [2.24, 2.45) is 5.92 Å². The molecule has 1 aliphatic rings. The standard InChI is InChI=1S/C11H23NO3/c1-9(2)10(3,13)6-12-7-11(14)4-5-15-8-11/h9,12-14H,4-8H2,1-3H3. The molecule has 4 nitrogen and oxygen atoms in total. The SMILES string of the molecule is CC(C)C(C)(O)CNCC1(O)CCOC1. The molecule has 90 valence electrons. The van der Waals surface area contributed by atoms with Crippen LogP contribution in [0, 0.1) is 5.92 Å². The summed E-state index contributed by atoms with van der Waals surface area (Å²) in [7, 11) is 0. The molecule has 3 N–H and O–H groups in total. The van der Waals surface area contributed by atoms with E-state index >= 15 is 0 Å². The quantitative estimate of drug-likeness (QED) is 0.613. The first-order chi connectivity index (χ1) is 6.86. The minimum absolute atomic E-state index is 0.194. The zero-order valence-electron chi connectivity index (χ0n) is 9.92. The molecule has 1 aliphatic heterocycles. The lowest BCUT2D eigenvalue weighted by Crippen LogP contribution is -2.48. The zero-order valence-corrected chi connectivity index (χ0v) is 9.92. The van der Waals surface area contributed by atoms with Gasteiger partial charge in [0, 0.05) is 26.1 Å². The minimum Gasteiger partial charge on any atom is -0.389 e. The highest BCUT2D eigenvalue weighted by molar-refractivity contribution is 4.87. The van der Waals surface area contributed by atoms with Crippen molar-refractivity contribution >= 4 is 0 Å². The zero-order chi connectivity index (χ0) is 11.5. The smallest absolute Gasteiger partial charge is 0.102 e. The Hall–Kier alpha value is -0.160. The van der Waals surface area contributed by atoms with E-state index in [4.69, 9.17) is 4.74 Å². The van der Waals surface area contributed by atoms with Crippen LogP contribution < -0.4 is 5.32 Å². The Kier molecular flexibility index (Phi) is 4.12. The Morgan fingerprint density at radius 3 is 2.67 bits per heavy atom. The molecule has 2 atom stereocenters. The van der Waals surface area contributed by atoms with Crippen molar-refractivity contribution in [3.05, 3.63) is 0 Å². The van der Waals surface area contributed by atoms with E-state index in [9.17, 15) is 10.2 Å². The van der Waals surface area contributed by atoms with Gasteiger partial charge in [-0.1, -0.05) is 13.8 Å². The topological polar surface area (TPSA) is 61.7 Å². The first-order valence-corrected chi connectivity index (χ1v) is 5.59. The molecule has 1 saturated heterocycles. The molecule has 0 bridgehead atoms. The van der Waals surface area contributed by atoms with Crippen molar-refractivity contribution in [2.75, 3.05) is 26.3 Å². The molecule has 0 amide bonds. The summed E-state index contributed by atoms with van der Waals surface area (Å²) in [6.07, 6.45) is 0.670. The molecule has 1 rings (SSSR count). The van der Waals surface area contributed by atoms with Gasteiger partial charge in [-0.25, -0.2) is 0 Å². The van der Waals surface area contributed by atoms with Crippen LogP contribution in [0.2, 0.25) is 0 Å². The van der Waals surface area contributed by atoms with Crippen molar-refractivity contribution in [1.82, 2.24) is 5.32 Å². The number of hydrogen-bond donors (Lipinski definition) is 3. The summed E-state index contributed by atoms with van der Waals surface area (Å²) < 4.78 is 5.14. The van der Waals surface area contributed by atoms with Gasteiger partial charge in [-0.15, -0.1) is 0 Å². The summed E-state index contributed by atoms with van der Waals surface area (Å²) in [6.45, 7) is 7.76. The Morgan fingerprint density at radius 1 is 1.53 bits per heavy atom. The van der Waals surface area contributed by atoms with Crippen molar-refractivity contribution < 1.29 is 14.9 Å². The fourth-order valence-electron chi connectivity index (χ4n) is 1.49. The summed E-state index contributed by atoms with van der Waals surface area (Å²) in [5.74, 6) is 0.194. The van der Waals surface area contributed by atoms with Crippen LogP contribution in [0.1, 0.15) is 27.2 Å². The van der Waals surface area contributed by atoms with Crippen LogP contribution in [-0.4, -0.2) is 47.7 Å². The fourth-order valence-corrected chi connectivity index (χ4v) is 1.49. The fraction of sp³-hybridized carbons (Fsp3) is 1.00. The van der Waals surface area contributed by atoms with E-state index in [2.05, 4.69) is 5.32 Å². The molecule has 4 heteroatoms. The number of nitrogens with one attached hydrogen (secondary N) is 1. The monoisotopic (exact) mass is 217 g/mol. The molecule has 0 radical (unpaired) electrons. The molecule has 0 aromatic heterocycles. The van der Waals surface area contributed by atoms with Gasteiger partial charge in [0.2, 0.25) is 0 Å². The van der Waals surface area contributed by atoms with Crippen LogP contribution in [0.25, 0.3) is 0 Å². The van der Waals surface area contributed by atoms with Crippen LogP contribution in [0.15, 0.2) is 0 Å². The minimum atomic E-state index is -0.743. The summed E-state index contributed by atoms with van der Waals surface area (Å²) in [5, 5.41) is 23.0. The number of rotatable bonds is 5. The Bertz CT molecular complexity index is 193. The third kappa shape index (κ3) is 3.72. The molecule has 15 heavy (non-hydrogen) atoms. The number of ether oxygens (including phenoxy) is 1. The molecule has 0 aliphatic carbocycles. The van der Waals surface area contributed by atoms with Crippen LogP contribution in [-0.2, 0) is 4.74 Å². The Morgan fingerprint density at radius 2 is 2.20 bits per heavy atom. The normalized spacial score (nSPS) is 30.8. The predicted octanol–water partition coefficient (Wildman–Crippen LogP) is 0.134. The second kappa shape index (κ2) is 4.78. The van der Waals surface area contributed by atoms with Gasteiger partial charge in [-0.2, -0.15) is 0 Å². The van der Waals surface area contributed by atoms with Crippen LogP contribution in [0.4, 0.5) is 0 Å². The average Bonchev–Trinajstić information content (AvgIpc) is 2.51. The third-order valence-corrected chi connectivity index (χ3v) is 3.26. The summed E-state index contributed by atoms with van der Waals surface area (Å²) in [4.78, 5) is 0. The van der Waals surface area contributed by atoms with E-state index in [0.29, 0.717) is 32.7 Å². The van der Waals surface area contributed by atoms with Gasteiger partial charge in [0.05, 0.1) is 12.2 Å². The first kappa shape index (κ1) is 12.9. The second-order valence-electron chi connectivity index (χ2n) is 5.14. The lowest BCUT2D eigenvalue weighted by Gasteiger charge is -2.30. The van der Waals surface area contributed by atoms with E-state index in [0.717, 1.165) is 0 Å². The molecule has 0 aromatic rings. The van der Waals surface area contributed by atoms with Crippen LogP contribution in [0.5, 0.6) is 0 Å². The van der Waals surface area contributed by atoms with Gasteiger partial charge in [0.1, 0.15) is 5.60 Å². The molecule has 0 aromatic carbocycles. The average molecular weight is 217 g/mol. The van der Waals surface area contributed by atoms with E-state index < -0.39 is 11.2 Å². The largest absolute Gasteiger partial charge is 0.389 e. The van der Waals surface area contributed by atoms with E-state index in [1.165, 1.54) is 0 Å². The van der Waals surface area contributed by atoms with Gasteiger partial charge in [0.15, 0.2) is 0 Å². The van der Waals surface area contributed by atoms with Crippen molar-refractivity contribution in [2.45, 2.75) is 38.4 Å². The van der Waals surface area contributed by atoms with Crippen LogP contribution in [0.3, 0.4) is 0 Å². The number of hydrogen-bond acceptors (Lipinski definition) is 4. The third-order valence-electron chi connectivity index (χ3n) is 3.26. The van der Waals surface area contributed by atoms with Gasteiger partial charge >= 0.3 is 0 Å². The van der Waals surface area contributed by atoms with Gasteiger partial charge < -0.3 is 20.3 Å². The second-order valence-corrected chi connectivity index (χ2v) is 5.14. The summed E-state index contributed by atoms with van der Waals surface area (Å²) in [5.41, 5.74) is -1.47. The molecular formula is C11H23NO3. The van der Waals surface area contributed by atoms with Gasteiger partial charge in [-0.3, -0.25) is 0 Å². The van der Waals surface area contributed by atoms with Gasteiger partial charge in [-0.05, 0) is 12.8 Å². The molecule has 0 spiro atoms. The highest BCUT2D eigenvalue weighted by Crippen LogP contribution is 2.18. The lowest BCUT2D eigenvalue weighted by atomic mass is 9.92. The van der Waals surface area contributed by atoms with Crippen molar-refractivity contribution in [3.63, 3.8) is 0 Å². The molecule has 0 saturated carbocycles. The maximum Gasteiger partial charge on any atom is 0.102 e. The summed E-state index contributed by atoms with van der Waals surface area (Å²) in [6, 6.07) is 0. The highest BCUT2D eigenvalue weighted by atomic mass is 16.5. The molecular weight excluding hydrogens is 194 g/mol. The molecule has 1 fully saturated rings. The first-order valence-electron chi connectivity index (χ1n) is 5.59. The maximum atomic E-state index is 9.97. The van der Waals surface area contributed by atoms with Crippen molar-refractivity contribution in [3.8, 4) is 0 Å². The van der Waals surface area contributed by atoms with Crippen molar-refractivity contribution in [1.29, 1.82) is 0 Å². The Labute approximate surface area is 91.6 Å². The predicted molar refractivity (Wildman–Crippen MR) is 58.7 cm³/mol. The van der Waals surface area contributed by atoms with E-state index in [1.54, 1.807) is 6.92 Å². The number of aliphatic hydroxyl groups is 2. The maximum absolute atomic E-state index is 9.97. The lowest BCUT2D eigenvalue weighted by molar-refractivity contribution is -0.00324. The Balaban J connectivity index is 2.26. The molecule has 1 heterocycles. The van der Waals surface area contributed by atoms with Gasteiger partial charge in [0.25, 0.3) is 0 Å². The van der Waals surface area contributed by atoms with E-state index in [1.807, 2.05) is 13.8 Å². The summed E-state index contributed by atoms with van der Waals surface area (Å²) >= 11 is 0. The molecule has 2 unspecified atom stereocenters. The highest BCUT2D eigenvalue weighted by Gasteiger charge is 2.33. The van der Waals surface area contributed by atoms with E-state index in [-0.39, 0.29) is 5.92 Å². The van der Waals surface area contributed by atoms with Crippen LogP contribution >= 0.6 is 0 Å².